The zero-order chi connectivity index (χ0) is 19.1. The first-order valence-corrected chi connectivity index (χ1v) is 9.68. The molecule has 1 fully saturated rings. The van der Waals surface area contributed by atoms with Crippen LogP contribution in [0.1, 0.15) is 48.8 Å². The van der Waals surface area contributed by atoms with Crippen LogP contribution in [0.5, 0.6) is 11.5 Å². The van der Waals surface area contributed by atoms with Gasteiger partial charge in [-0.05, 0) is 70.1 Å². The van der Waals surface area contributed by atoms with Crippen LogP contribution in [0.25, 0.3) is 0 Å². The van der Waals surface area contributed by atoms with Gasteiger partial charge in [-0.2, -0.15) is 0 Å². The third-order valence-corrected chi connectivity index (χ3v) is 4.71. The van der Waals surface area contributed by atoms with Gasteiger partial charge in [0.25, 0.3) is 5.91 Å². The third kappa shape index (κ3) is 4.83. The molecule has 1 amide bonds. The molecule has 2 aromatic rings. The summed E-state index contributed by atoms with van der Waals surface area (Å²) in [6.45, 7) is 7.45. The van der Waals surface area contributed by atoms with E-state index < -0.39 is 0 Å². The van der Waals surface area contributed by atoms with E-state index >= 15 is 0 Å². The van der Waals surface area contributed by atoms with Crippen molar-refractivity contribution >= 4 is 5.91 Å². The molecule has 6 heteroatoms. The maximum atomic E-state index is 12.7. The lowest BCUT2D eigenvalue weighted by Gasteiger charge is -2.26. The van der Waals surface area contributed by atoms with Crippen LogP contribution in [0.2, 0.25) is 0 Å². The lowest BCUT2D eigenvalue weighted by atomic mass is 10.1. The molecule has 0 radical (unpaired) electrons. The van der Waals surface area contributed by atoms with Gasteiger partial charge < -0.3 is 19.2 Å². The van der Waals surface area contributed by atoms with Gasteiger partial charge in [0.15, 0.2) is 11.5 Å². The molecular weight excluding hydrogens is 344 g/mol. The monoisotopic (exact) mass is 372 g/mol. The van der Waals surface area contributed by atoms with E-state index in [1.165, 1.54) is 12.8 Å². The van der Waals surface area contributed by atoms with E-state index in [2.05, 4.69) is 10.2 Å². The zero-order valence-corrected chi connectivity index (χ0v) is 16.1. The highest BCUT2D eigenvalue weighted by Crippen LogP contribution is 2.29. The molecule has 2 heterocycles. The van der Waals surface area contributed by atoms with E-state index in [1.807, 2.05) is 26.0 Å². The summed E-state index contributed by atoms with van der Waals surface area (Å²) >= 11 is 0. The van der Waals surface area contributed by atoms with E-state index in [4.69, 9.17) is 13.9 Å². The van der Waals surface area contributed by atoms with Gasteiger partial charge in [-0.3, -0.25) is 9.69 Å². The number of likely N-dealkylation sites (tertiary alicyclic amines) is 1. The van der Waals surface area contributed by atoms with Crippen LogP contribution in [0.3, 0.4) is 0 Å². The number of hydrogen-bond donors (Lipinski definition) is 1. The number of rotatable bonds is 9. The minimum atomic E-state index is -0.130. The van der Waals surface area contributed by atoms with Crippen molar-refractivity contribution in [3.05, 3.63) is 47.9 Å². The van der Waals surface area contributed by atoms with Crippen molar-refractivity contribution in [2.75, 3.05) is 32.8 Å². The highest BCUT2D eigenvalue weighted by Gasteiger charge is 2.26. The van der Waals surface area contributed by atoms with Crippen molar-refractivity contribution in [3.63, 3.8) is 0 Å². The SMILES string of the molecule is CCOc1ccc(C(=O)NCC(c2ccco2)N2CCCC2)cc1OCC. The van der Waals surface area contributed by atoms with Gasteiger partial charge in [0.2, 0.25) is 0 Å². The average Bonchev–Trinajstić information content (AvgIpc) is 3.38. The van der Waals surface area contributed by atoms with E-state index in [0.717, 1.165) is 18.8 Å². The quantitative estimate of drug-likeness (QED) is 0.728. The summed E-state index contributed by atoms with van der Waals surface area (Å²) in [5, 5.41) is 3.05. The summed E-state index contributed by atoms with van der Waals surface area (Å²) in [5.41, 5.74) is 0.557. The standard InChI is InChI=1S/C21H28N2O4/c1-3-25-19-10-9-16(14-20(19)26-4-2)21(24)22-15-17(18-8-7-13-27-18)23-11-5-6-12-23/h7-10,13-14,17H,3-6,11-12,15H2,1-2H3,(H,22,24). The van der Waals surface area contributed by atoms with Crippen LogP contribution < -0.4 is 14.8 Å². The highest BCUT2D eigenvalue weighted by molar-refractivity contribution is 5.94. The first-order chi connectivity index (χ1) is 13.2. The van der Waals surface area contributed by atoms with Crippen LogP contribution in [-0.2, 0) is 0 Å². The second-order valence-electron chi connectivity index (χ2n) is 6.51. The van der Waals surface area contributed by atoms with E-state index in [-0.39, 0.29) is 11.9 Å². The molecule has 6 nitrogen and oxygen atoms in total. The fourth-order valence-electron chi connectivity index (χ4n) is 3.43. The lowest BCUT2D eigenvalue weighted by molar-refractivity contribution is 0.0933. The molecule has 1 aliphatic rings. The number of carbonyl (C=O) groups excluding carboxylic acids is 1. The largest absolute Gasteiger partial charge is 0.490 e. The van der Waals surface area contributed by atoms with Crippen LogP contribution >= 0.6 is 0 Å². The minimum Gasteiger partial charge on any atom is -0.490 e. The molecule has 1 unspecified atom stereocenters. The summed E-state index contributed by atoms with van der Waals surface area (Å²) in [4.78, 5) is 15.1. The second kappa shape index (κ2) is 9.46. The highest BCUT2D eigenvalue weighted by atomic mass is 16.5. The Kier molecular flexibility index (Phi) is 6.76. The van der Waals surface area contributed by atoms with Crippen molar-refractivity contribution < 1.29 is 18.7 Å². The van der Waals surface area contributed by atoms with Crippen molar-refractivity contribution in [1.82, 2.24) is 10.2 Å². The summed E-state index contributed by atoms with van der Waals surface area (Å²) < 4.78 is 16.8. The van der Waals surface area contributed by atoms with Crippen molar-refractivity contribution in [3.8, 4) is 11.5 Å². The molecule has 1 atom stereocenters. The number of ether oxygens (including phenoxy) is 2. The van der Waals surface area contributed by atoms with Gasteiger partial charge in [-0.15, -0.1) is 0 Å². The van der Waals surface area contributed by atoms with Crippen LogP contribution in [0.15, 0.2) is 41.0 Å². The smallest absolute Gasteiger partial charge is 0.251 e. The third-order valence-electron chi connectivity index (χ3n) is 4.71. The molecule has 0 spiro atoms. The molecule has 1 aliphatic heterocycles. The average molecular weight is 372 g/mol. The summed E-state index contributed by atoms with van der Waals surface area (Å²) in [5.74, 6) is 2.00. The Bertz CT molecular complexity index is 724. The fourth-order valence-corrected chi connectivity index (χ4v) is 3.43. The Morgan fingerprint density at radius 3 is 2.56 bits per heavy atom. The minimum absolute atomic E-state index is 0.0560. The summed E-state index contributed by atoms with van der Waals surface area (Å²) in [7, 11) is 0. The Labute approximate surface area is 160 Å². The molecular formula is C21H28N2O4. The number of benzene rings is 1. The molecule has 0 aliphatic carbocycles. The number of hydrogen-bond acceptors (Lipinski definition) is 5. The van der Waals surface area contributed by atoms with E-state index in [1.54, 1.807) is 24.5 Å². The maximum absolute atomic E-state index is 12.7. The number of amides is 1. The Morgan fingerprint density at radius 1 is 1.15 bits per heavy atom. The van der Waals surface area contributed by atoms with Crippen molar-refractivity contribution in [2.24, 2.45) is 0 Å². The van der Waals surface area contributed by atoms with Crippen molar-refractivity contribution in [1.29, 1.82) is 0 Å². The zero-order valence-electron chi connectivity index (χ0n) is 16.1. The Morgan fingerprint density at radius 2 is 1.89 bits per heavy atom. The van der Waals surface area contributed by atoms with Crippen molar-refractivity contribution in [2.45, 2.75) is 32.7 Å². The summed E-state index contributed by atoms with van der Waals surface area (Å²) in [6, 6.07) is 9.21. The first-order valence-electron chi connectivity index (χ1n) is 9.68. The molecule has 0 saturated carbocycles. The molecule has 146 valence electrons. The van der Waals surface area contributed by atoms with Crippen LogP contribution in [-0.4, -0.2) is 43.7 Å². The van der Waals surface area contributed by atoms with Gasteiger partial charge in [0.1, 0.15) is 5.76 Å². The normalized spacial score (nSPS) is 15.5. The number of carbonyl (C=O) groups is 1. The van der Waals surface area contributed by atoms with Gasteiger partial charge in [-0.1, -0.05) is 0 Å². The fraction of sp³-hybridized carbons (Fsp3) is 0.476. The molecule has 1 N–H and O–H groups in total. The van der Waals surface area contributed by atoms with Gasteiger partial charge in [0.05, 0.1) is 25.5 Å². The van der Waals surface area contributed by atoms with E-state index in [0.29, 0.717) is 36.8 Å². The molecule has 0 bridgehead atoms. The predicted molar refractivity (Wildman–Crippen MR) is 103 cm³/mol. The van der Waals surface area contributed by atoms with Gasteiger partial charge in [-0.25, -0.2) is 0 Å². The Balaban J connectivity index is 1.69. The molecule has 3 rings (SSSR count). The molecule has 1 aromatic carbocycles. The molecule has 1 saturated heterocycles. The number of nitrogens with zero attached hydrogens (tertiary/aromatic N) is 1. The van der Waals surface area contributed by atoms with Crippen LogP contribution in [0, 0.1) is 0 Å². The van der Waals surface area contributed by atoms with E-state index in [9.17, 15) is 4.79 Å². The van der Waals surface area contributed by atoms with Gasteiger partial charge in [0, 0.05) is 12.1 Å². The Hall–Kier alpha value is -2.47. The summed E-state index contributed by atoms with van der Waals surface area (Å²) in [6.07, 6.45) is 4.05. The first kappa shape index (κ1) is 19.3. The lowest BCUT2D eigenvalue weighted by Crippen LogP contribution is -2.36. The topological polar surface area (TPSA) is 63.9 Å². The number of furan rings is 1. The van der Waals surface area contributed by atoms with Crippen LogP contribution in [0.4, 0.5) is 0 Å². The second-order valence-corrected chi connectivity index (χ2v) is 6.51. The van der Waals surface area contributed by atoms with Gasteiger partial charge >= 0.3 is 0 Å². The number of nitrogens with one attached hydrogen (secondary N) is 1. The molecule has 27 heavy (non-hydrogen) atoms. The predicted octanol–water partition coefficient (Wildman–Crippen LogP) is 3.64. The maximum Gasteiger partial charge on any atom is 0.251 e. The molecule has 1 aromatic heterocycles.